The summed E-state index contributed by atoms with van der Waals surface area (Å²) in [6.07, 6.45) is 4.57. The molecular formula is C24H24FN5O. The highest BCUT2D eigenvalue weighted by Crippen LogP contribution is 2.34. The molecule has 6 nitrogen and oxygen atoms in total. The number of ether oxygens (including phenoxy) is 1. The minimum Gasteiger partial charge on any atom is -0.399 e. The first-order chi connectivity index (χ1) is 15.2. The molecule has 1 fully saturated rings. The fourth-order valence-electron chi connectivity index (χ4n) is 3.96. The molecule has 1 atom stereocenters. The topological polar surface area (TPSA) is 72.1 Å². The van der Waals surface area contributed by atoms with E-state index < -0.39 is 0 Å². The molecule has 2 aromatic heterocycles. The van der Waals surface area contributed by atoms with Crippen LogP contribution < -0.4 is 5.73 Å². The van der Waals surface area contributed by atoms with Crippen molar-refractivity contribution in [3.63, 3.8) is 0 Å². The van der Waals surface area contributed by atoms with E-state index in [-0.39, 0.29) is 12.0 Å². The summed E-state index contributed by atoms with van der Waals surface area (Å²) in [5.74, 6) is -0.270. The fraction of sp³-hybridized carbons (Fsp3) is 0.208. The van der Waals surface area contributed by atoms with Crippen molar-refractivity contribution in [3.8, 4) is 17.1 Å². The predicted octanol–water partition coefficient (Wildman–Crippen LogP) is 4.16. The molecule has 3 heterocycles. The third-order valence-corrected chi connectivity index (χ3v) is 5.61. The summed E-state index contributed by atoms with van der Waals surface area (Å²) in [6, 6.07) is 18.3. The Hall–Kier alpha value is -3.42. The first kappa shape index (κ1) is 19.5. The SMILES string of the molecule is Nc1ccc(CCN2CCOC2c2cn(-c3ccc(F)cc3)nc2-c2ccc[nH]2)cc1. The highest BCUT2D eigenvalue weighted by atomic mass is 19.1. The van der Waals surface area contributed by atoms with Crippen LogP contribution in [0.25, 0.3) is 17.1 Å². The van der Waals surface area contributed by atoms with Gasteiger partial charge in [-0.25, -0.2) is 9.07 Å². The van der Waals surface area contributed by atoms with Gasteiger partial charge in [-0.3, -0.25) is 4.90 Å². The molecule has 3 N–H and O–H groups in total. The van der Waals surface area contributed by atoms with Crippen molar-refractivity contribution in [3.05, 3.63) is 90.0 Å². The van der Waals surface area contributed by atoms with Crippen LogP contribution in [0.4, 0.5) is 10.1 Å². The summed E-state index contributed by atoms with van der Waals surface area (Å²) in [4.78, 5) is 5.58. The lowest BCUT2D eigenvalue weighted by Crippen LogP contribution is -2.26. The largest absolute Gasteiger partial charge is 0.399 e. The van der Waals surface area contributed by atoms with Crippen LogP contribution in [0.2, 0.25) is 0 Å². The Morgan fingerprint density at radius 1 is 1.10 bits per heavy atom. The monoisotopic (exact) mass is 417 g/mol. The average molecular weight is 417 g/mol. The third kappa shape index (κ3) is 4.10. The Bertz CT molecular complexity index is 1140. The van der Waals surface area contributed by atoms with Crippen molar-refractivity contribution >= 4 is 5.69 Å². The summed E-state index contributed by atoms with van der Waals surface area (Å²) in [5, 5.41) is 4.80. The molecule has 0 saturated carbocycles. The molecule has 158 valence electrons. The number of hydrogen-bond acceptors (Lipinski definition) is 4. The van der Waals surface area contributed by atoms with Gasteiger partial charge in [-0.2, -0.15) is 5.10 Å². The van der Waals surface area contributed by atoms with E-state index in [0.717, 1.165) is 47.8 Å². The summed E-state index contributed by atoms with van der Waals surface area (Å²) >= 11 is 0. The lowest BCUT2D eigenvalue weighted by molar-refractivity contribution is 0.0336. The number of nitrogen functional groups attached to an aromatic ring is 1. The Labute approximate surface area is 180 Å². The number of aromatic nitrogens is 3. The highest BCUT2D eigenvalue weighted by molar-refractivity contribution is 5.60. The quantitative estimate of drug-likeness (QED) is 0.462. The van der Waals surface area contributed by atoms with E-state index in [1.54, 1.807) is 16.8 Å². The smallest absolute Gasteiger partial charge is 0.140 e. The molecule has 0 aliphatic carbocycles. The van der Waals surface area contributed by atoms with Gasteiger partial charge in [0.25, 0.3) is 0 Å². The molecule has 0 radical (unpaired) electrons. The standard InChI is InChI=1S/C24H24FN5O/c25-18-5-9-20(10-6-18)30-16-21(23(28-30)22-2-1-12-27-22)24-29(14-15-31-24)13-11-17-3-7-19(26)8-4-17/h1-10,12,16,24,27H,11,13-15,26H2. The second kappa shape index (κ2) is 8.37. The van der Waals surface area contributed by atoms with E-state index in [4.69, 9.17) is 15.6 Å². The van der Waals surface area contributed by atoms with E-state index in [9.17, 15) is 4.39 Å². The number of nitrogens with zero attached hydrogens (tertiary/aromatic N) is 3. The number of rotatable bonds is 6. The summed E-state index contributed by atoms with van der Waals surface area (Å²) in [7, 11) is 0. The number of anilines is 1. The summed E-state index contributed by atoms with van der Waals surface area (Å²) in [6.45, 7) is 2.38. The molecule has 31 heavy (non-hydrogen) atoms. The summed E-state index contributed by atoms with van der Waals surface area (Å²) < 4.78 is 21.3. The van der Waals surface area contributed by atoms with Crippen molar-refractivity contribution in [1.82, 2.24) is 19.7 Å². The van der Waals surface area contributed by atoms with Gasteiger partial charge in [0.15, 0.2) is 0 Å². The van der Waals surface area contributed by atoms with Crippen molar-refractivity contribution < 1.29 is 9.13 Å². The van der Waals surface area contributed by atoms with Crippen LogP contribution in [0.15, 0.2) is 73.1 Å². The maximum atomic E-state index is 13.4. The molecule has 4 aromatic rings. The zero-order valence-electron chi connectivity index (χ0n) is 17.0. The fourth-order valence-corrected chi connectivity index (χ4v) is 3.96. The van der Waals surface area contributed by atoms with Gasteiger partial charge in [0.2, 0.25) is 0 Å². The van der Waals surface area contributed by atoms with E-state index in [0.29, 0.717) is 6.61 Å². The van der Waals surface area contributed by atoms with E-state index in [2.05, 4.69) is 22.0 Å². The maximum Gasteiger partial charge on any atom is 0.140 e. The number of H-pyrrole nitrogens is 1. The molecule has 0 bridgehead atoms. The lowest BCUT2D eigenvalue weighted by atomic mass is 10.1. The van der Waals surface area contributed by atoms with Gasteiger partial charge in [-0.05, 0) is 60.5 Å². The van der Waals surface area contributed by atoms with Crippen LogP contribution in [-0.2, 0) is 11.2 Å². The number of hydrogen-bond donors (Lipinski definition) is 2. The zero-order chi connectivity index (χ0) is 21.2. The highest BCUT2D eigenvalue weighted by Gasteiger charge is 2.31. The van der Waals surface area contributed by atoms with Crippen LogP contribution in [0, 0.1) is 5.82 Å². The van der Waals surface area contributed by atoms with E-state index in [1.165, 1.54) is 17.7 Å². The predicted molar refractivity (Wildman–Crippen MR) is 118 cm³/mol. The normalized spacial score (nSPS) is 16.7. The van der Waals surface area contributed by atoms with Gasteiger partial charge in [0.05, 0.1) is 18.0 Å². The van der Waals surface area contributed by atoms with Gasteiger partial charge in [-0.1, -0.05) is 12.1 Å². The van der Waals surface area contributed by atoms with Gasteiger partial charge in [0.1, 0.15) is 17.7 Å². The van der Waals surface area contributed by atoms with Crippen LogP contribution in [0.3, 0.4) is 0 Å². The molecule has 0 amide bonds. The molecule has 1 aliphatic heterocycles. The first-order valence-electron chi connectivity index (χ1n) is 10.4. The van der Waals surface area contributed by atoms with Gasteiger partial charge >= 0.3 is 0 Å². The summed E-state index contributed by atoms with van der Waals surface area (Å²) in [5.41, 5.74) is 11.4. The molecule has 1 saturated heterocycles. The molecule has 5 rings (SSSR count). The van der Waals surface area contributed by atoms with Crippen molar-refractivity contribution in [2.24, 2.45) is 0 Å². The first-order valence-corrected chi connectivity index (χ1v) is 10.4. The van der Waals surface area contributed by atoms with Crippen LogP contribution >= 0.6 is 0 Å². The van der Waals surface area contributed by atoms with Gasteiger partial charge in [-0.15, -0.1) is 0 Å². The van der Waals surface area contributed by atoms with Crippen LogP contribution in [0.1, 0.15) is 17.4 Å². The minimum atomic E-state index is -0.270. The Morgan fingerprint density at radius 3 is 2.65 bits per heavy atom. The van der Waals surface area contributed by atoms with E-state index in [1.807, 2.05) is 36.7 Å². The molecule has 0 spiro atoms. The third-order valence-electron chi connectivity index (χ3n) is 5.61. The number of halogens is 1. The molecule has 1 unspecified atom stereocenters. The zero-order valence-corrected chi connectivity index (χ0v) is 17.0. The second-order valence-corrected chi connectivity index (χ2v) is 7.69. The number of nitrogens with one attached hydrogen (secondary N) is 1. The maximum absolute atomic E-state index is 13.4. The van der Waals surface area contributed by atoms with Gasteiger partial charge < -0.3 is 15.5 Å². The Kier molecular flexibility index (Phi) is 5.28. The van der Waals surface area contributed by atoms with Crippen LogP contribution in [0.5, 0.6) is 0 Å². The number of aromatic amines is 1. The van der Waals surface area contributed by atoms with E-state index >= 15 is 0 Å². The molecule has 7 heteroatoms. The minimum absolute atomic E-state index is 0.193. The van der Waals surface area contributed by atoms with Crippen molar-refractivity contribution in [1.29, 1.82) is 0 Å². The lowest BCUT2D eigenvalue weighted by Gasteiger charge is -2.22. The Balaban J connectivity index is 1.44. The molecular weight excluding hydrogens is 393 g/mol. The molecule has 1 aliphatic rings. The second-order valence-electron chi connectivity index (χ2n) is 7.69. The van der Waals surface area contributed by atoms with Crippen molar-refractivity contribution in [2.45, 2.75) is 12.6 Å². The number of nitrogens with two attached hydrogens (primary N) is 1. The molecule has 2 aromatic carbocycles. The Morgan fingerprint density at radius 2 is 1.90 bits per heavy atom. The van der Waals surface area contributed by atoms with Crippen LogP contribution in [-0.4, -0.2) is 39.4 Å². The number of benzene rings is 2. The van der Waals surface area contributed by atoms with Crippen molar-refractivity contribution in [2.75, 3.05) is 25.4 Å². The average Bonchev–Trinajstić information content (AvgIpc) is 3.53. The van der Waals surface area contributed by atoms with Gasteiger partial charge in [0, 0.05) is 36.7 Å².